The molecule has 0 bridgehead atoms. The van der Waals surface area contributed by atoms with E-state index in [0.29, 0.717) is 19.4 Å². The van der Waals surface area contributed by atoms with Crippen LogP contribution in [0.15, 0.2) is 24.3 Å². The van der Waals surface area contributed by atoms with Gasteiger partial charge in [-0.1, -0.05) is 37.1 Å². The lowest BCUT2D eigenvalue weighted by atomic mass is 9.91. The number of fused-ring (bicyclic) bond motifs is 1. The summed E-state index contributed by atoms with van der Waals surface area (Å²) < 4.78 is 25.5. The predicted molar refractivity (Wildman–Crippen MR) is 95.5 cm³/mol. The molecule has 0 heterocycles. The van der Waals surface area contributed by atoms with Gasteiger partial charge in [0, 0.05) is 12.5 Å². The van der Waals surface area contributed by atoms with Gasteiger partial charge in [-0.3, -0.25) is 4.79 Å². The molecule has 0 aliphatic heterocycles. The van der Waals surface area contributed by atoms with Crippen molar-refractivity contribution in [2.24, 2.45) is 5.92 Å². The zero-order chi connectivity index (χ0) is 17.0. The van der Waals surface area contributed by atoms with Gasteiger partial charge in [-0.05, 0) is 49.7 Å². The molecular weight excluding hydrogens is 322 g/mol. The molecule has 1 aromatic carbocycles. The lowest BCUT2D eigenvalue weighted by Crippen LogP contribution is -2.31. The van der Waals surface area contributed by atoms with Gasteiger partial charge in [0.05, 0.1) is 11.0 Å². The molecule has 0 saturated heterocycles. The van der Waals surface area contributed by atoms with Crippen LogP contribution in [0.3, 0.4) is 0 Å². The quantitative estimate of drug-likeness (QED) is 0.802. The summed E-state index contributed by atoms with van der Waals surface area (Å²) in [4.78, 5) is 12.0. The van der Waals surface area contributed by atoms with E-state index in [1.54, 1.807) is 0 Å². The lowest BCUT2D eigenvalue weighted by molar-refractivity contribution is -0.124. The van der Waals surface area contributed by atoms with Gasteiger partial charge in [0.25, 0.3) is 0 Å². The number of amides is 1. The van der Waals surface area contributed by atoms with Crippen LogP contribution in [-0.2, 0) is 21.1 Å². The molecule has 1 atom stereocenters. The zero-order valence-corrected chi connectivity index (χ0v) is 15.0. The smallest absolute Gasteiger partial charge is 0.223 e. The molecule has 0 aromatic heterocycles. The van der Waals surface area contributed by atoms with Gasteiger partial charge in [0.15, 0.2) is 9.84 Å². The van der Waals surface area contributed by atoms with E-state index in [1.807, 2.05) is 24.3 Å². The topological polar surface area (TPSA) is 63.2 Å². The second-order valence-corrected chi connectivity index (χ2v) is 9.38. The van der Waals surface area contributed by atoms with Crippen LogP contribution in [0, 0.1) is 5.92 Å². The monoisotopic (exact) mass is 349 g/mol. The maximum Gasteiger partial charge on any atom is 0.223 e. The molecule has 1 aromatic rings. The minimum absolute atomic E-state index is 0.105. The van der Waals surface area contributed by atoms with E-state index in [2.05, 4.69) is 5.32 Å². The molecule has 24 heavy (non-hydrogen) atoms. The van der Waals surface area contributed by atoms with E-state index in [-0.39, 0.29) is 22.8 Å². The van der Waals surface area contributed by atoms with Crippen molar-refractivity contribution >= 4 is 15.7 Å². The molecule has 1 N–H and O–H groups in total. The Morgan fingerprint density at radius 2 is 1.83 bits per heavy atom. The largest absolute Gasteiger partial charge is 0.356 e. The number of carbonyl (C=O) groups is 1. The van der Waals surface area contributed by atoms with Crippen molar-refractivity contribution < 1.29 is 13.2 Å². The minimum Gasteiger partial charge on any atom is -0.356 e. The highest BCUT2D eigenvalue weighted by atomic mass is 32.2. The number of hydrogen-bond acceptors (Lipinski definition) is 3. The fourth-order valence-electron chi connectivity index (χ4n) is 4.04. The first-order valence-electron chi connectivity index (χ1n) is 9.15. The Labute approximate surface area is 145 Å². The normalized spacial score (nSPS) is 21.4. The summed E-state index contributed by atoms with van der Waals surface area (Å²) in [6.45, 7) is 0.461. The SMILES string of the molecule is O=C(NCCCS(=O)(=O)[C@H]1CCCc2ccccc21)C1CCCC1. The van der Waals surface area contributed by atoms with Crippen LogP contribution in [-0.4, -0.2) is 26.6 Å². The highest BCUT2D eigenvalue weighted by Gasteiger charge is 2.31. The number of hydrogen-bond donors (Lipinski definition) is 1. The highest BCUT2D eigenvalue weighted by molar-refractivity contribution is 7.91. The minimum atomic E-state index is -3.17. The van der Waals surface area contributed by atoms with Crippen molar-refractivity contribution in [1.82, 2.24) is 5.32 Å². The van der Waals surface area contributed by atoms with Gasteiger partial charge in [0.2, 0.25) is 5.91 Å². The zero-order valence-electron chi connectivity index (χ0n) is 14.2. The Kier molecular flexibility index (Phi) is 5.59. The second kappa shape index (κ2) is 7.68. The first kappa shape index (κ1) is 17.5. The van der Waals surface area contributed by atoms with E-state index < -0.39 is 9.84 Å². The Morgan fingerprint density at radius 3 is 2.62 bits per heavy atom. The number of rotatable bonds is 6. The van der Waals surface area contributed by atoms with Crippen LogP contribution < -0.4 is 5.32 Å². The van der Waals surface area contributed by atoms with Gasteiger partial charge < -0.3 is 5.32 Å². The Hall–Kier alpha value is -1.36. The number of aryl methyl sites for hydroxylation is 1. The molecule has 0 spiro atoms. The molecule has 132 valence electrons. The molecule has 2 aliphatic carbocycles. The first-order chi connectivity index (χ1) is 11.6. The summed E-state index contributed by atoms with van der Waals surface area (Å²) in [5.74, 6) is 0.400. The summed E-state index contributed by atoms with van der Waals surface area (Å²) in [5.41, 5.74) is 2.16. The fraction of sp³-hybridized carbons (Fsp3) is 0.632. The van der Waals surface area contributed by atoms with Crippen molar-refractivity contribution in [1.29, 1.82) is 0 Å². The average molecular weight is 349 g/mol. The third-order valence-corrected chi connectivity index (χ3v) is 7.59. The van der Waals surface area contributed by atoms with Crippen molar-refractivity contribution in [3.63, 3.8) is 0 Å². The lowest BCUT2D eigenvalue weighted by Gasteiger charge is -2.25. The Bertz CT molecular complexity index is 678. The van der Waals surface area contributed by atoms with Crippen molar-refractivity contribution in [3.05, 3.63) is 35.4 Å². The maximum atomic E-state index is 12.7. The molecule has 1 saturated carbocycles. The number of benzene rings is 1. The second-order valence-electron chi connectivity index (χ2n) is 7.07. The third kappa shape index (κ3) is 4.00. The Balaban J connectivity index is 1.52. The van der Waals surface area contributed by atoms with Crippen molar-refractivity contribution in [3.8, 4) is 0 Å². The van der Waals surface area contributed by atoms with Crippen LogP contribution in [0.2, 0.25) is 0 Å². The Morgan fingerprint density at radius 1 is 1.08 bits per heavy atom. The third-order valence-electron chi connectivity index (χ3n) is 5.38. The van der Waals surface area contributed by atoms with Crippen molar-refractivity contribution in [2.75, 3.05) is 12.3 Å². The van der Waals surface area contributed by atoms with E-state index in [9.17, 15) is 13.2 Å². The van der Waals surface area contributed by atoms with E-state index in [1.165, 1.54) is 5.56 Å². The molecule has 1 amide bonds. The van der Waals surface area contributed by atoms with Gasteiger partial charge in [-0.2, -0.15) is 0 Å². The van der Waals surface area contributed by atoms with Crippen LogP contribution >= 0.6 is 0 Å². The summed E-state index contributed by atoms with van der Waals surface area (Å²) in [6.07, 6.45) is 7.33. The fourth-order valence-corrected chi connectivity index (χ4v) is 6.02. The molecule has 3 rings (SSSR count). The van der Waals surface area contributed by atoms with Gasteiger partial charge in [-0.15, -0.1) is 0 Å². The highest BCUT2D eigenvalue weighted by Crippen LogP contribution is 2.36. The molecule has 5 heteroatoms. The standard InChI is InChI=1S/C19H27NO3S/c21-19(16-8-1-2-9-16)20-13-6-14-24(22,23)18-12-5-10-15-7-3-4-11-17(15)18/h3-4,7,11,16,18H,1-2,5-6,8-10,12-14H2,(H,20,21)/t18-/m0/s1. The van der Waals surface area contributed by atoms with Crippen molar-refractivity contribution in [2.45, 2.75) is 56.6 Å². The average Bonchev–Trinajstić information content (AvgIpc) is 3.13. The van der Waals surface area contributed by atoms with E-state index >= 15 is 0 Å². The van der Waals surface area contributed by atoms with Crippen LogP contribution in [0.4, 0.5) is 0 Å². The van der Waals surface area contributed by atoms with Crippen LogP contribution in [0.5, 0.6) is 0 Å². The molecule has 0 radical (unpaired) electrons. The van der Waals surface area contributed by atoms with E-state index in [4.69, 9.17) is 0 Å². The number of nitrogens with one attached hydrogen (secondary N) is 1. The maximum absolute atomic E-state index is 12.7. The van der Waals surface area contributed by atoms with E-state index in [0.717, 1.165) is 44.1 Å². The van der Waals surface area contributed by atoms with Crippen LogP contribution in [0.1, 0.15) is 61.3 Å². The molecule has 2 aliphatic rings. The summed E-state index contributed by atoms with van der Waals surface area (Å²) in [5, 5.41) is 2.55. The number of carbonyl (C=O) groups excluding carboxylic acids is 1. The summed E-state index contributed by atoms with van der Waals surface area (Å²) in [6, 6.07) is 7.90. The first-order valence-corrected chi connectivity index (χ1v) is 10.9. The van der Waals surface area contributed by atoms with Crippen LogP contribution in [0.25, 0.3) is 0 Å². The predicted octanol–water partition coefficient (Wildman–Crippen LogP) is 3.18. The number of sulfone groups is 1. The molecule has 0 unspecified atom stereocenters. The van der Waals surface area contributed by atoms with Gasteiger partial charge in [0.1, 0.15) is 0 Å². The molecule has 1 fully saturated rings. The van der Waals surface area contributed by atoms with Gasteiger partial charge in [-0.25, -0.2) is 8.42 Å². The summed E-state index contributed by atoms with van der Waals surface area (Å²) in [7, 11) is -3.17. The molecule has 4 nitrogen and oxygen atoms in total. The summed E-state index contributed by atoms with van der Waals surface area (Å²) >= 11 is 0. The van der Waals surface area contributed by atoms with Gasteiger partial charge >= 0.3 is 0 Å². The molecular formula is C19H27NO3S.